The van der Waals surface area contributed by atoms with E-state index in [2.05, 4.69) is 24.1 Å². The lowest BCUT2D eigenvalue weighted by Crippen LogP contribution is -2.39. The van der Waals surface area contributed by atoms with E-state index in [1.807, 2.05) is 0 Å². The molecule has 2 unspecified atom stereocenters. The first-order valence-electron chi connectivity index (χ1n) is 8.13. The van der Waals surface area contributed by atoms with Crippen molar-refractivity contribution in [1.82, 2.24) is 10.2 Å². The maximum Gasteiger partial charge on any atom is 0.226 e. The average molecular weight is 264 g/mol. The Hall–Kier alpha value is -0.570. The molecule has 108 valence electrons. The van der Waals surface area contributed by atoms with Crippen LogP contribution in [0.1, 0.15) is 52.4 Å². The van der Waals surface area contributed by atoms with E-state index in [1.54, 1.807) is 0 Å². The van der Waals surface area contributed by atoms with Crippen LogP contribution in [0.15, 0.2) is 0 Å². The molecule has 0 aromatic heterocycles. The van der Waals surface area contributed by atoms with Gasteiger partial charge in [-0.2, -0.15) is 0 Å². The van der Waals surface area contributed by atoms with E-state index >= 15 is 0 Å². The van der Waals surface area contributed by atoms with Crippen LogP contribution in [0.25, 0.3) is 0 Å². The van der Waals surface area contributed by atoms with Gasteiger partial charge in [0, 0.05) is 18.5 Å². The van der Waals surface area contributed by atoms with Gasteiger partial charge >= 0.3 is 0 Å². The molecular formula is C16H28N2O. The molecule has 2 heterocycles. The SMILES string of the molecule is CC(C)CC1CCCN1C(=O)C1CC12CCNCC2. The van der Waals surface area contributed by atoms with Crippen LogP contribution in [0, 0.1) is 17.3 Å². The lowest BCUT2D eigenvalue weighted by Gasteiger charge is -2.29. The monoisotopic (exact) mass is 264 g/mol. The summed E-state index contributed by atoms with van der Waals surface area (Å²) >= 11 is 0. The zero-order valence-electron chi connectivity index (χ0n) is 12.5. The average Bonchev–Trinajstić information content (AvgIpc) is 2.86. The van der Waals surface area contributed by atoms with Gasteiger partial charge in [-0.05, 0) is 62.9 Å². The molecule has 2 atom stereocenters. The first-order chi connectivity index (χ1) is 9.12. The number of nitrogens with zero attached hydrogens (tertiary/aromatic N) is 1. The minimum absolute atomic E-state index is 0.363. The minimum atomic E-state index is 0.363. The van der Waals surface area contributed by atoms with Gasteiger partial charge in [-0.1, -0.05) is 13.8 Å². The Morgan fingerprint density at radius 3 is 2.79 bits per heavy atom. The van der Waals surface area contributed by atoms with Crippen molar-refractivity contribution in [2.75, 3.05) is 19.6 Å². The largest absolute Gasteiger partial charge is 0.339 e. The lowest BCUT2D eigenvalue weighted by molar-refractivity contribution is -0.134. The van der Waals surface area contributed by atoms with Crippen LogP contribution in [0.2, 0.25) is 0 Å². The summed E-state index contributed by atoms with van der Waals surface area (Å²) in [6.07, 6.45) is 7.22. The van der Waals surface area contributed by atoms with Gasteiger partial charge in [0.15, 0.2) is 0 Å². The Morgan fingerprint density at radius 1 is 1.37 bits per heavy atom. The maximum atomic E-state index is 12.8. The number of hydrogen-bond acceptors (Lipinski definition) is 2. The molecule has 3 fully saturated rings. The summed E-state index contributed by atoms with van der Waals surface area (Å²) in [6, 6.07) is 0.534. The summed E-state index contributed by atoms with van der Waals surface area (Å²) < 4.78 is 0. The van der Waals surface area contributed by atoms with Crippen molar-refractivity contribution in [3.63, 3.8) is 0 Å². The van der Waals surface area contributed by atoms with Crippen LogP contribution in [-0.2, 0) is 4.79 Å². The highest BCUT2D eigenvalue weighted by molar-refractivity contribution is 5.83. The molecule has 1 spiro atoms. The maximum absolute atomic E-state index is 12.8. The second-order valence-corrected chi connectivity index (χ2v) is 7.33. The van der Waals surface area contributed by atoms with E-state index < -0.39 is 0 Å². The number of rotatable bonds is 3. The van der Waals surface area contributed by atoms with Crippen LogP contribution in [0.5, 0.6) is 0 Å². The Kier molecular flexibility index (Phi) is 3.59. The van der Waals surface area contributed by atoms with Crippen molar-refractivity contribution in [3.8, 4) is 0 Å². The van der Waals surface area contributed by atoms with Crippen LogP contribution in [0.3, 0.4) is 0 Å². The van der Waals surface area contributed by atoms with E-state index in [4.69, 9.17) is 0 Å². The van der Waals surface area contributed by atoms with Crippen molar-refractivity contribution < 1.29 is 4.79 Å². The molecule has 1 aliphatic carbocycles. The normalized spacial score (nSPS) is 33.1. The first kappa shape index (κ1) is 13.4. The summed E-state index contributed by atoms with van der Waals surface area (Å²) in [4.78, 5) is 15.0. The van der Waals surface area contributed by atoms with Crippen LogP contribution < -0.4 is 5.32 Å². The lowest BCUT2D eigenvalue weighted by atomic mass is 9.91. The summed E-state index contributed by atoms with van der Waals surface area (Å²) in [6.45, 7) is 7.78. The molecule has 2 aliphatic heterocycles. The number of hydrogen-bond donors (Lipinski definition) is 1. The highest BCUT2D eigenvalue weighted by Crippen LogP contribution is 2.59. The predicted octanol–water partition coefficient (Wildman–Crippen LogP) is 2.41. The van der Waals surface area contributed by atoms with E-state index in [0.29, 0.717) is 29.2 Å². The van der Waals surface area contributed by atoms with Crippen molar-refractivity contribution in [2.24, 2.45) is 17.3 Å². The van der Waals surface area contributed by atoms with E-state index in [-0.39, 0.29) is 0 Å². The fourth-order valence-corrected chi connectivity index (χ4v) is 4.29. The van der Waals surface area contributed by atoms with E-state index in [1.165, 1.54) is 38.5 Å². The smallest absolute Gasteiger partial charge is 0.226 e. The Balaban J connectivity index is 1.61. The molecule has 1 amide bonds. The second kappa shape index (κ2) is 5.08. The molecule has 0 aromatic rings. The molecule has 0 bridgehead atoms. The fourth-order valence-electron chi connectivity index (χ4n) is 4.29. The summed E-state index contributed by atoms with van der Waals surface area (Å²) in [7, 11) is 0. The van der Waals surface area contributed by atoms with Gasteiger partial charge < -0.3 is 10.2 Å². The first-order valence-corrected chi connectivity index (χ1v) is 8.13. The van der Waals surface area contributed by atoms with Crippen molar-refractivity contribution >= 4 is 5.91 Å². The van der Waals surface area contributed by atoms with Gasteiger partial charge in [0.1, 0.15) is 0 Å². The number of likely N-dealkylation sites (tertiary alicyclic amines) is 1. The third-order valence-corrected chi connectivity index (χ3v) is 5.49. The van der Waals surface area contributed by atoms with Crippen molar-refractivity contribution in [2.45, 2.75) is 58.4 Å². The Morgan fingerprint density at radius 2 is 2.11 bits per heavy atom. The highest BCUT2D eigenvalue weighted by atomic mass is 16.2. The number of carbonyl (C=O) groups is 1. The molecule has 3 heteroatoms. The molecule has 0 aromatic carbocycles. The zero-order valence-corrected chi connectivity index (χ0v) is 12.5. The van der Waals surface area contributed by atoms with E-state index in [0.717, 1.165) is 19.6 Å². The Labute approximate surface area is 117 Å². The molecule has 1 saturated carbocycles. The van der Waals surface area contributed by atoms with Gasteiger partial charge in [-0.3, -0.25) is 4.79 Å². The van der Waals surface area contributed by atoms with Gasteiger partial charge in [0.2, 0.25) is 5.91 Å². The van der Waals surface area contributed by atoms with Crippen LogP contribution in [-0.4, -0.2) is 36.5 Å². The third-order valence-electron chi connectivity index (χ3n) is 5.49. The van der Waals surface area contributed by atoms with Gasteiger partial charge in [-0.15, -0.1) is 0 Å². The molecule has 3 nitrogen and oxygen atoms in total. The standard InChI is InChI=1S/C16H28N2O/c1-12(2)10-13-4-3-9-18(13)15(19)14-11-16(14)5-7-17-8-6-16/h12-14,17H,3-11H2,1-2H3. The van der Waals surface area contributed by atoms with Crippen molar-refractivity contribution in [3.05, 3.63) is 0 Å². The van der Waals surface area contributed by atoms with Gasteiger partial charge in [0.05, 0.1) is 0 Å². The molecule has 2 saturated heterocycles. The third kappa shape index (κ3) is 2.54. The molecule has 3 aliphatic rings. The fraction of sp³-hybridized carbons (Fsp3) is 0.938. The topological polar surface area (TPSA) is 32.3 Å². The molecular weight excluding hydrogens is 236 g/mol. The number of nitrogens with one attached hydrogen (secondary N) is 1. The van der Waals surface area contributed by atoms with Gasteiger partial charge in [-0.25, -0.2) is 0 Å². The van der Waals surface area contributed by atoms with Gasteiger partial charge in [0.25, 0.3) is 0 Å². The van der Waals surface area contributed by atoms with Crippen LogP contribution >= 0.6 is 0 Å². The van der Waals surface area contributed by atoms with Crippen LogP contribution in [0.4, 0.5) is 0 Å². The van der Waals surface area contributed by atoms with Crippen molar-refractivity contribution in [1.29, 1.82) is 0 Å². The number of piperidine rings is 1. The number of carbonyl (C=O) groups excluding carboxylic acids is 1. The predicted molar refractivity (Wildman–Crippen MR) is 76.8 cm³/mol. The van der Waals surface area contributed by atoms with E-state index in [9.17, 15) is 4.79 Å². The highest BCUT2D eigenvalue weighted by Gasteiger charge is 2.59. The molecule has 0 radical (unpaired) electrons. The minimum Gasteiger partial charge on any atom is -0.339 e. The summed E-state index contributed by atoms with van der Waals surface area (Å²) in [5.74, 6) is 1.55. The Bertz CT molecular complexity index is 347. The summed E-state index contributed by atoms with van der Waals surface area (Å²) in [5.41, 5.74) is 0.396. The summed E-state index contributed by atoms with van der Waals surface area (Å²) in [5, 5.41) is 3.42. The zero-order chi connectivity index (χ0) is 13.5. The molecule has 19 heavy (non-hydrogen) atoms. The molecule has 1 N–H and O–H groups in total. The quantitative estimate of drug-likeness (QED) is 0.849. The second-order valence-electron chi connectivity index (χ2n) is 7.33. The molecule has 3 rings (SSSR count). The number of amides is 1.